The lowest BCUT2D eigenvalue weighted by atomic mass is 10.1. The molecule has 0 radical (unpaired) electrons. The normalized spacial score (nSPS) is 12.6. The smallest absolute Gasteiger partial charge is 0.296 e. The van der Waals surface area contributed by atoms with E-state index in [4.69, 9.17) is 5.73 Å². The number of nitrogens with zero attached hydrogens (tertiary/aromatic N) is 4. The molecule has 14 heteroatoms. The molecule has 0 atom stereocenters. The first-order chi connectivity index (χ1) is 16.9. The van der Waals surface area contributed by atoms with Crippen LogP contribution in [0.1, 0.15) is 0 Å². The standard InChI is InChI=1S/C22H17N5O7S2/c23-21-17(26-24-14-4-3-5-15(12-14)35(29,30)31)10-8-13-9-11-18(22(28)20(13)21)27-25-16-6-1-2-7-19(16)36(32,33)34/h1-12,28H,23H2,(H,29,30,31)(H,32,33,34). The van der Waals surface area contributed by atoms with Gasteiger partial charge in [-0.15, -0.1) is 15.3 Å². The second kappa shape index (κ2) is 9.43. The van der Waals surface area contributed by atoms with Gasteiger partial charge < -0.3 is 10.8 Å². The quantitative estimate of drug-likeness (QED) is 0.144. The molecule has 0 aliphatic rings. The molecular weight excluding hydrogens is 510 g/mol. The predicted molar refractivity (Wildman–Crippen MR) is 131 cm³/mol. The topological polar surface area (TPSA) is 204 Å². The lowest BCUT2D eigenvalue weighted by molar-refractivity contribution is 0.481. The number of fused-ring (bicyclic) bond motifs is 1. The van der Waals surface area contributed by atoms with E-state index in [9.17, 15) is 31.0 Å². The van der Waals surface area contributed by atoms with Gasteiger partial charge in [0.25, 0.3) is 20.2 Å². The van der Waals surface area contributed by atoms with E-state index in [1.807, 2.05) is 0 Å². The average Bonchev–Trinajstić information content (AvgIpc) is 2.82. The molecule has 0 saturated carbocycles. The molecule has 0 bridgehead atoms. The van der Waals surface area contributed by atoms with Crippen LogP contribution in [0.3, 0.4) is 0 Å². The van der Waals surface area contributed by atoms with Crippen molar-refractivity contribution in [3.8, 4) is 5.75 Å². The van der Waals surface area contributed by atoms with Crippen molar-refractivity contribution in [2.45, 2.75) is 9.79 Å². The number of anilines is 1. The number of nitrogens with two attached hydrogens (primary N) is 1. The zero-order valence-electron chi connectivity index (χ0n) is 18.1. The molecule has 0 aromatic heterocycles. The van der Waals surface area contributed by atoms with Crippen LogP contribution in [0.5, 0.6) is 5.75 Å². The third-order valence-electron chi connectivity index (χ3n) is 4.95. The molecule has 0 spiro atoms. The maximum Gasteiger partial charge on any atom is 0.296 e. The van der Waals surface area contributed by atoms with Crippen LogP contribution >= 0.6 is 0 Å². The number of nitrogen functional groups attached to an aromatic ring is 1. The Balaban J connectivity index is 1.73. The van der Waals surface area contributed by atoms with Gasteiger partial charge in [0.1, 0.15) is 22.0 Å². The summed E-state index contributed by atoms with van der Waals surface area (Å²) in [5.41, 5.74) is 6.36. The van der Waals surface area contributed by atoms with Crippen LogP contribution in [0.15, 0.2) is 103 Å². The van der Waals surface area contributed by atoms with Gasteiger partial charge in [0.15, 0.2) is 5.75 Å². The van der Waals surface area contributed by atoms with Crippen molar-refractivity contribution in [3.05, 3.63) is 72.8 Å². The Morgan fingerprint density at radius 3 is 2.00 bits per heavy atom. The highest BCUT2D eigenvalue weighted by Gasteiger charge is 2.16. The zero-order chi connectivity index (χ0) is 26.1. The van der Waals surface area contributed by atoms with E-state index in [-0.39, 0.29) is 44.5 Å². The van der Waals surface area contributed by atoms with E-state index < -0.39 is 25.1 Å². The van der Waals surface area contributed by atoms with Gasteiger partial charge in [-0.3, -0.25) is 9.11 Å². The summed E-state index contributed by atoms with van der Waals surface area (Å²) >= 11 is 0. The second-order valence-corrected chi connectivity index (χ2v) is 10.2. The van der Waals surface area contributed by atoms with Gasteiger partial charge in [0.2, 0.25) is 0 Å². The second-order valence-electron chi connectivity index (χ2n) is 7.34. The van der Waals surface area contributed by atoms with Crippen molar-refractivity contribution < 1.29 is 31.0 Å². The lowest BCUT2D eigenvalue weighted by Crippen LogP contribution is -1.97. The Hall–Kier alpha value is -4.24. The summed E-state index contributed by atoms with van der Waals surface area (Å²) < 4.78 is 64.3. The Morgan fingerprint density at radius 2 is 1.31 bits per heavy atom. The Kier molecular flexibility index (Phi) is 6.51. The van der Waals surface area contributed by atoms with Crippen molar-refractivity contribution in [2.24, 2.45) is 20.5 Å². The molecule has 0 saturated heterocycles. The number of hydrogen-bond acceptors (Lipinski definition) is 10. The van der Waals surface area contributed by atoms with Crippen LogP contribution in [0, 0.1) is 0 Å². The van der Waals surface area contributed by atoms with Gasteiger partial charge in [-0.05, 0) is 47.9 Å². The summed E-state index contributed by atoms with van der Waals surface area (Å²) in [7, 11) is -8.96. The fourth-order valence-electron chi connectivity index (χ4n) is 3.26. The van der Waals surface area contributed by atoms with Crippen LogP contribution in [0.25, 0.3) is 10.8 Å². The fourth-order valence-corrected chi connectivity index (χ4v) is 4.40. The number of phenols is 1. The molecule has 36 heavy (non-hydrogen) atoms. The predicted octanol–water partition coefficient (Wildman–Crippen LogP) is 5.45. The van der Waals surface area contributed by atoms with Crippen LogP contribution in [0.4, 0.5) is 28.4 Å². The summed E-state index contributed by atoms with van der Waals surface area (Å²) in [5, 5.41) is 27.2. The molecule has 4 rings (SSSR count). The van der Waals surface area contributed by atoms with Crippen LogP contribution in [0.2, 0.25) is 0 Å². The lowest BCUT2D eigenvalue weighted by Gasteiger charge is -2.09. The molecule has 5 N–H and O–H groups in total. The molecule has 0 heterocycles. The molecule has 184 valence electrons. The van der Waals surface area contributed by atoms with Gasteiger partial charge in [0, 0.05) is 0 Å². The number of benzene rings is 4. The van der Waals surface area contributed by atoms with Crippen molar-refractivity contribution in [3.63, 3.8) is 0 Å². The van der Waals surface area contributed by atoms with Crippen LogP contribution < -0.4 is 5.73 Å². The highest BCUT2D eigenvalue weighted by Crippen LogP contribution is 2.42. The van der Waals surface area contributed by atoms with Gasteiger partial charge >= 0.3 is 0 Å². The Labute approximate surface area is 205 Å². The molecular formula is C22H17N5O7S2. The third-order valence-corrected chi connectivity index (χ3v) is 6.70. The highest BCUT2D eigenvalue weighted by atomic mass is 32.2. The van der Waals surface area contributed by atoms with E-state index >= 15 is 0 Å². The third kappa shape index (κ3) is 5.21. The minimum Gasteiger partial charge on any atom is -0.505 e. The number of phenolic OH excluding ortho intramolecular Hbond substituents is 1. The largest absolute Gasteiger partial charge is 0.505 e. The van der Waals surface area contributed by atoms with Gasteiger partial charge in [0.05, 0.1) is 21.7 Å². The van der Waals surface area contributed by atoms with Gasteiger partial charge in [-0.1, -0.05) is 30.3 Å². The zero-order valence-corrected chi connectivity index (χ0v) is 19.7. The number of aromatic hydroxyl groups is 1. The first kappa shape index (κ1) is 24.9. The van der Waals surface area contributed by atoms with Crippen LogP contribution in [-0.2, 0) is 20.2 Å². The minimum absolute atomic E-state index is 0.0331. The first-order valence-corrected chi connectivity index (χ1v) is 12.8. The molecule has 0 aliphatic carbocycles. The van der Waals surface area contributed by atoms with Crippen molar-refractivity contribution in [2.75, 3.05) is 5.73 Å². The molecule has 4 aromatic carbocycles. The summed E-state index contributed by atoms with van der Waals surface area (Å²) in [6.45, 7) is 0. The molecule has 0 unspecified atom stereocenters. The average molecular weight is 528 g/mol. The molecule has 12 nitrogen and oxygen atoms in total. The molecule has 0 amide bonds. The maximum absolute atomic E-state index is 11.5. The van der Waals surface area contributed by atoms with Crippen LogP contribution in [-0.4, -0.2) is 31.0 Å². The summed E-state index contributed by atoms with van der Waals surface area (Å²) in [5.74, 6) is -0.358. The van der Waals surface area contributed by atoms with E-state index in [1.165, 1.54) is 48.5 Å². The van der Waals surface area contributed by atoms with Crippen molar-refractivity contribution >= 4 is 59.4 Å². The monoisotopic (exact) mass is 527 g/mol. The maximum atomic E-state index is 11.5. The highest BCUT2D eigenvalue weighted by molar-refractivity contribution is 7.86. The number of hydrogen-bond donors (Lipinski definition) is 4. The number of rotatable bonds is 6. The Morgan fingerprint density at radius 1 is 0.667 bits per heavy atom. The number of azo groups is 2. The summed E-state index contributed by atoms with van der Waals surface area (Å²) in [6, 6.07) is 16.8. The van der Waals surface area contributed by atoms with Gasteiger partial charge in [-0.2, -0.15) is 21.9 Å². The fraction of sp³-hybridized carbons (Fsp3) is 0. The Bertz CT molecular complexity index is 1770. The van der Waals surface area contributed by atoms with Crippen molar-refractivity contribution in [1.29, 1.82) is 0 Å². The van der Waals surface area contributed by atoms with E-state index in [0.717, 1.165) is 12.1 Å². The summed E-state index contributed by atoms with van der Waals surface area (Å²) in [6.07, 6.45) is 0. The molecule has 4 aromatic rings. The van der Waals surface area contributed by atoms with E-state index in [1.54, 1.807) is 12.1 Å². The minimum atomic E-state index is -4.54. The molecule has 0 aliphatic heterocycles. The summed E-state index contributed by atoms with van der Waals surface area (Å²) in [4.78, 5) is -0.803. The van der Waals surface area contributed by atoms with Gasteiger partial charge in [-0.25, -0.2) is 0 Å². The van der Waals surface area contributed by atoms with E-state index in [0.29, 0.717) is 5.39 Å². The van der Waals surface area contributed by atoms with E-state index in [2.05, 4.69) is 20.5 Å². The SMILES string of the molecule is Nc1c(N=Nc2cccc(S(=O)(=O)O)c2)ccc2ccc(N=Nc3ccccc3S(=O)(=O)O)c(O)c12. The first-order valence-electron chi connectivity index (χ1n) is 9.97. The molecule has 0 fully saturated rings. The van der Waals surface area contributed by atoms with Crippen molar-refractivity contribution in [1.82, 2.24) is 0 Å².